The van der Waals surface area contributed by atoms with Crippen molar-refractivity contribution >= 4 is 40.0 Å². The van der Waals surface area contributed by atoms with E-state index in [9.17, 15) is 19.2 Å². The zero-order valence-electron chi connectivity index (χ0n) is 15.1. The summed E-state index contributed by atoms with van der Waals surface area (Å²) >= 11 is 1.31. The van der Waals surface area contributed by atoms with E-state index in [-0.39, 0.29) is 5.76 Å². The van der Waals surface area contributed by atoms with Crippen molar-refractivity contribution < 1.29 is 28.3 Å². The lowest BCUT2D eigenvalue weighted by atomic mass is 10.1. The van der Waals surface area contributed by atoms with Gasteiger partial charge in [-0.05, 0) is 43.9 Å². The largest absolute Gasteiger partial charge is 0.459 e. The Labute approximate surface area is 164 Å². The molecule has 148 valence electrons. The second-order valence-corrected chi connectivity index (χ2v) is 7.36. The fraction of sp³-hybridized carbons (Fsp3) is 0.333. The second-order valence-electron chi connectivity index (χ2n) is 6.25. The molecule has 0 unspecified atom stereocenters. The summed E-state index contributed by atoms with van der Waals surface area (Å²) < 4.78 is 9.86. The van der Waals surface area contributed by atoms with Gasteiger partial charge in [0.05, 0.1) is 11.8 Å². The van der Waals surface area contributed by atoms with Crippen LogP contribution in [0.15, 0.2) is 22.8 Å². The molecule has 1 aliphatic rings. The minimum absolute atomic E-state index is 0.0575. The van der Waals surface area contributed by atoms with E-state index in [1.807, 2.05) is 0 Å². The molecule has 2 aromatic heterocycles. The van der Waals surface area contributed by atoms with Gasteiger partial charge in [-0.25, -0.2) is 4.79 Å². The Hall–Kier alpha value is -3.14. The highest BCUT2D eigenvalue weighted by Gasteiger charge is 2.26. The van der Waals surface area contributed by atoms with E-state index in [1.54, 1.807) is 6.07 Å². The van der Waals surface area contributed by atoms with Gasteiger partial charge in [0.1, 0.15) is 11.0 Å². The molecular weight excluding hydrogens is 386 g/mol. The number of rotatable bonds is 7. The van der Waals surface area contributed by atoms with E-state index in [4.69, 9.17) is 14.9 Å². The number of carbonyl (C=O) groups excluding carboxylic acids is 4. The maximum absolute atomic E-state index is 12.1. The van der Waals surface area contributed by atoms with Crippen molar-refractivity contribution in [3.05, 3.63) is 40.2 Å². The maximum atomic E-state index is 12.1. The van der Waals surface area contributed by atoms with Gasteiger partial charge < -0.3 is 25.5 Å². The first-order chi connectivity index (χ1) is 13.4. The Balaban J connectivity index is 1.52. The van der Waals surface area contributed by atoms with Crippen LogP contribution in [0.1, 0.15) is 44.7 Å². The fourth-order valence-electron chi connectivity index (χ4n) is 2.91. The predicted molar refractivity (Wildman–Crippen MR) is 100 cm³/mol. The summed E-state index contributed by atoms with van der Waals surface area (Å²) in [5.41, 5.74) is 6.66. The Morgan fingerprint density at radius 1 is 1.32 bits per heavy atom. The lowest BCUT2D eigenvalue weighted by Gasteiger charge is -2.12. The quantitative estimate of drug-likeness (QED) is 0.592. The molecule has 0 spiro atoms. The smallest absolute Gasteiger partial charge is 0.328 e. The number of aryl methyl sites for hydroxylation is 1. The third-order valence-corrected chi connectivity index (χ3v) is 5.42. The predicted octanol–water partition coefficient (Wildman–Crippen LogP) is 1.23. The highest BCUT2D eigenvalue weighted by molar-refractivity contribution is 7.17. The maximum Gasteiger partial charge on any atom is 0.328 e. The molecule has 10 heteroatoms. The van der Waals surface area contributed by atoms with Crippen LogP contribution >= 0.6 is 11.3 Å². The van der Waals surface area contributed by atoms with E-state index in [1.165, 1.54) is 30.6 Å². The number of esters is 1. The van der Waals surface area contributed by atoms with Crippen molar-refractivity contribution in [2.75, 3.05) is 11.9 Å². The molecule has 0 bridgehead atoms. The molecular formula is C18H19N3O6S. The summed E-state index contributed by atoms with van der Waals surface area (Å²) in [6.07, 6.45) is 3.89. The lowest BCUT2D eigenvalue weighted by Crippen LogP contribution is -2.40. The molecule has 2 aromatic rings. The first-order valence-corrected chi connectivity index (χ1v) is 9.43. The van der Waals surface area contributed by atoms with E-state index in [0.29, 0.717) is 10.6 Å². The molecule has 0 radical (unpaired) electrons. The SMILES string of the molecule is C[C@H](NC(=O)c1ccco1)C(=O)OCC(=O)Nc1sc2c(c1C(N)=O)CCC2. The number of amides is 3. The number of nitrogens with one attached hydrogen (secondary N) is 2. The lowest BCUT2D eigenvalue weighted by molar-refractivity contribution is -0.148. The molecule has 0 saturated carbocycles. The van der Waals surface area contributed by atoms with Gasteiger partial charge in [0, 0.05) is 4.88 Å². The molecule has 4 N–H and O–H groups in total. The van der Waals surface area contributed by atoms with Gasteiger partial charge in [-0.15, -0.1) is 11.3 Å². The number of ether oxygens (including phenoxy) is 1. The van der Waals surface area contributed by atoms with Crippen molar-refractivity contribution in [3.63, 3.8) is 0 Å². The molecule has 3 amide bonds. The Morgan fingerprint density at radius 2 is 2.11 bits per heavy atom. The number of hydrogen-bond donors (Lipinski definition) is 3. The highest BCUT2D eigenvalue weighted by Crippen LogP contribution is 2.38. The molecule has 0 aromatic carbocycles. The van der Waals surface area contributed by atoms with Gasteiger partial charge >= 0.3 is 5.97 Å². The normalized spacial score (nSPS) is 13.5. The highest BCUT2D eigenvalue weighted by atomic mass is 32.1. The van der Waals surface area contributed by atoms with Crippen molar-refractivity contribution in [1.82, 2.24) is 5.32 Å². The van der Waals surface area contributed by atoms with Gasteiger partial charge in [-0.3, -0.25) is 14.4 Å². The summed E-state index contributed by atoms with van der Waals surface area (Å²) in [5.74, 6) is -2.49. The van der Waals surface area contributed by atoms with Gasteiger partial charge in [0.2, 0.25) is 0 Å². The summed E-state index contributed by atoms with van der Waals surface area (Å²) in [6, 6.07) is 2.02. The molecule has 2 heterocycles. The first kappa shape index (κ1) is 19.6. The third-order valence-electron chi connectivity index (χ3n) is 4.21. The summed E-state index contributed by atoms with van der Waals surface area (Å²) in [5, 5.41) is 5.36. The van der Waals surface area contributed by atoms with Crippen molar-refractivity contribution in [2.45, 2.75) is 32.2 Å². The number of furan rings is 1. The van der Waals surface area contributed by atoms with E-state index >= 15 is 0 Å². The Kier molecular flexibility index (Phi) is 5.78. The number of thiophene rings is 1. The van der Waals surface area contributed by atoms with Crippen LogP contribution in [0.4, 0.5) is 5.00 Å². The van der Waals surface area contributed by atoms with Crippen LogP contribution in [0, 0.1) is 0 Å². The van der Waals surface area contributed by atoms with Crippen LogP contribution in [-0.2, 0) is 27.2 Å². The molecule has 3 rings (SSSR count). The summed E-state index contributed by atoms with van der Waals surface area (Å²) in [4.78, 5) is 48.7. The minimum atomic E-state index is -0.975. The van der Waals surface area contributed by atoms with Crippen LogP contribution in [0.2, 0.25) is 0 Å². The van der Waals surface area contributed by atoms with Crippen LogP contribution in [0.3, 0.4) is 0 Å². The first-order valence-electron chi connectivity index (χ1n) is 8.62. The number of nitrogens with two attached hydrogens (primary N) is 1. The summed E-state index contributed by atoms with van der Waals surface area (Å²) in [6.45, 7) is 0.872. The minimum Gasteiger partial charge on any atom is -0.459 e. The number of carbonyl (C=O) groups is 4. The number of hydrogen-bond acceptors (Lipinski definition) is 7. The number of fused-ring (bicyclic) bond motifs is 1. The van der Waals surface area contributed by atoms with Crippen LogP contribution in [0.25, 0.3) is 0 Å². The van der Waals surface area contributed by atoms with Gasteiger partial charge in [-0.2, -0.15) is 0 Å². The van der Waals surface area contributed by atoms with Crippen molar-refractivity contribution in [1.29, 1.82) is 0 Å². The Bertz CT molecular complexity index is 918. The number of anilines is 1. The van der Waals surface area contributed by atoms with Crippen LogP contribution in [0.5, 0.6) is 0 Å². The molecule has 1 atom stereocenters. The third kappa shape index (κ3) is 4.22. The van der Waals surface area contributed by atoms with E-state index < -0.39 is 36.3 Å². The zero-order chi connectivity index (χ0) is 20.3. The van der Waals surface area contributed by atoms with Gasteiger partial charge in [-0.1, -0.05) is 0 Å². The monoisotopic (exact) mass is 405 g/mol. The van der Waals surface area contributed by atoms with Crippen molar-refractivity contribution in [3.8, 4) is 0 Å². The van der Waals surface area contributed by atoms with Crippen LogP contribution < -0.4 is 16.4 Å². The van der Waals surface area contributed by atoms with E-state index in [2.05, 4.69) is 10.6 Å². The fourth-order valence-corrected chi connectivity index (χ4v) is 4.22. The molecule has 0 fully saturated rings. The van der Waals surface area contributed by atoms with Crippen molar-refractivity contribution in [2.24, 2.45) is 5.73 Å². The molecule has 28 heavy (non-hydrogen) atoms. The van der Waals surface area contributed by atoms with Crippen LogP contribution in [-0.4, -0.2) is 36.3 Å². The average molecular weight is 405 g/mol. The topological polar surface area (TPSA) is 141 Å². The second kappa shape index (κ2) is 8.26. The van der Waals surface area contributed by atoms with Gasteiger partial charge in [0.25, 0.3) is 17.7 Å². The average Bonchev–Trinajstić information content (AvgIpc) is 3.35. The zero-order valence-corrected chi connectivity index (χ0v) is 15.9. The summed E-state index contributed by atoms with van der Waals surface area (Å²) in [7, 11) is 0. The Morgan fingerprint density at radius 3 is 2.79 bits per heavy atom. The molecule has 0 aliphatic heterocycles. The standard InChI is InChI=1S/C18H19N3O6S/c1-9(20-16(24)11-5-3-7-26-11)18(25)27-8-13(22)21-17-14(15(19)23)10-4-2-6-12(10)28-17/h3,5,7,9H,2,4,6,8H2,1H3,(H2,19,23)(H,20,24)(H,21,22)/t9-/m0/s1. The molecule has 1 aliphatic carbocycles. The van der Waals surface area contributed by atoms with Gasteiger partial charge in [0.15, 0.2) is 12.4 Å². The number of primary amides is 1. The van der Waals surface area contributed by atoms with E-state index in [0.717, 1.165) is 29.7 Å². The molecule has 0 saturated heterocycles. The molecule has 9 nitrogen and oxygen atoms in total.